The quantitative estimate of drug-likeness (QED) is 0.748. The number of hydrogen-bond donors (Lipinski definition) is 1. The van der Waals surface area contributed by atoms with E-state index >= 15 is 0 Å². The molecule has 1 heterocycles. The molecule has 0 unspecified atom stereocenters. The number of methoxy groups -OCH3 is 1. The molecule has 0 saturated carbocycles. The first-order chi connectivity index (χ1) is 11.5. The molecular weight excluding hydrogens is 320 g/mol. The molecule has 1 N–H and O–H groups in total. The summed E-state index contributed by atoms with van der Waals surface area (Å²) < 4.78 is 36.6. The lowest BCUT2D eigenvalue weighted by molar-refractivity contribution is 0.102. The predicted molar refractivity (Wildman–Crippen MR) is 83.3 cm³/mol. The predicted octanol–water partition coefficient (Wildman–Crippen LogP) is 3.33. The van der Waals surface area contributed by atoms with Crippen molar-refractivity contribution in [3.8, 4) is 5.75 Å². The SMILES string of the molecule is COc1ccc2cc(C(=O)Nc3ccc(F)cc3F)c(=O)oc2c1. The van der Waals surface area contributed by atoms with Crippen molar-refractivity contribution >= 4 is 22.6 Å². The zero-order chi connectivity index (χ0) is 17.3. The van der Waals surface area contributed by atoms with Crippen molar-refractivity contribution in [2.24, 2.45) is 0 Å². The fraction of sp³-hybridized carbons (Fsp3) is 0.0588. The zero-order valence-electron chi connectivity index (χ0n) is 12.4. The minimum atomic E-state index is -0.946. The molecule has 1 aromatic heterocycles. The molecule has 24 heavy (non-hydrogen) atoms. The standard InChI is InChI=1S/C17H11F2NO4/c1-23-11-4-2-9-6-12(17(22)24-15(9)8-11)16(21)20-14-5-3-10(18)7-13(14)19/h2-8H,1H3,(H,20,21). The van der Waals surface area contributed by atoms with E-state index in [-0.39, 0.29) is 16.8 Å². The third kappa shape index (κ3) is 2.96. The Morgan fingerprint density at radius 2 is 1.92 bits per heavy atom. The van der Waals surface area contributed by atoms with Crippen molar-refractivity contribution in [1.29, 1.82) is 0 Å². The number of hydrogen-bond acceptors (Lipinski definition) is 4. The summed E-state index contributed by atoms with van der Waals surface area (Å²) in [5, 5.41) is 2.72. The van der Waals surface area contributed by atoms with E-state index < -0.39 is 23.2 Å². The van der Waals surface area contributed by atoms with Gasteiger partial charge in [0.05, 0.1) is 12.8 Å². The van der Waals surface area contributed by atoms with E-state index in [0.29, 0.717) is 17.2 Å². The summed E-state index contributed by atoms with van der Waals surface area (Å²) in [6.45, 7) is 0. The van der Waals surface area contributed by atoms with E-state index in [1.807, 2.05) is 0 Å². The maximum absolute atomic E-state index is 13.6. The molecule has 122 valence electrons. The molecule has 0 fully saturated rings. The van der Waals surface area contributed by atoms with E-state index in [4.69, 9.17) is 9.15 Å². The van der Waals surface area contributed by atoms with Crippen LogP contribution in [0.15, 0.2) is 51.7 Å². The van der Waals surface area contributed by atoms with Gasteiger partial charge in [0.1, 0.15) is 28.5 Å². The second kappa shape index (κ2) is 6.11. The zero-order valence-corrected chi connectivity index (χ0v) is 12.4. The van der Waals surface area contributed by atoms with Crippen LogP contribution in [0.5, 0.6) is 5.75 Å². The highest BCUT2D eigenvalue weighted by Gasteiger charge is 2.16. The summed E-state index contributed by atoms with van der Waals surface area (Å²) in [5.41, 5.74) is -1.16. The lowest BCUT2D eigenvalue weighted by Crippen LogP contribution is -2.21. The monoisotopic (exact) mass is 331 g/mol. The van der Waals surface area contributed by atoms with Crippen LogP contribution in [-0.4, -0.2) is 13.0 Å². The molecular formula is C17H11F2NO4. The molecule has 0 bridgehead atoms. The number of amides is 1. The number of carbonyl (C=O) groups excluding carboxylic acids is 1. The Morgan fingerprint density at radius 3 is 2.62 bits per heavy atom. The topological polar surface area (TPSA) is 68.5 Å². The molecule has 5 nitrogen and oxygen atoms in total. The molecule has 1 amide bonds. The fourth-order valence-electron chi connectivity index (χ4n) is 2.16. The summed E-state index contributed by atoms with van der Waals surface area (Å²) in [4.78, 5) is 24.2. The van der Waals surface area contributed by atoms with E-state index in [1.165, 1.54) is 19.2 Å². The van der Waals surface area contributed by atoms with E-state index in [2.05, 4.69) is 5.32 Å². The molecule has 0 aliphatic rings. The molecule has 0 radical (unpaired) electrons. The van der Waals surface area contributed by atoms with Gasteiger partial charge in [0.25, 0.3) is 5.91 Å². The number of nitrogens with one attached hydrogen (secondary N) is 1. The number of benzene rings is 2. The van der Waals surface area contributed by atoms with Gasteiger partial charge in [-0.05, 0) is 30.3 Å². The van der Waals surface area contributed by atoms with Gasteiger partial charge in [0.2, 0.25) is 0 Å². The van der Waals surface area contributed by atoms with E-state index in [1.54, 1.807) is 12.1 Å². The Balaban J connectivity index is 1.97. The van der Waals surface area contributed by atoms with E-state index in [0.717, 1.165) is 12.1 Å². The van der Waals surface area contributed by atoms with E-state index in [9.17, 15) is 18.4 Å². The van der Waals surface area contributed by atoms with Crippen LogP contribution in [0.25, 0.3) is 11.0 Å². The van der Waals surface area contributed by atoms with Gasteiger partial charge in [-0.3, -0.25) is 4.79 Å². The van der Waals surface area contributed by atoms with Crippen molar-refractivity contribution in [1.82, 2.24) is 0 Å². The van der Waals surface area contributed by atoms with Crippen LogP contribution in [0.2, 0.25) is 0 Å². The van der Waals surface area contributed by atoms with Crippen LogP contribution in [0.1, 0.15) is 10.4 Å². The van der Waals surface area contributed by atoms with Crippen molar-refractivity contribution in [3.63, 3.8) is 0 Å². The fourth-order valence-corrected chi connectivity index (χ4v) is 2.16. The Labute approximate surface area is 134 Å². The first-order valence-electron chi connectivity index (χ1n) is 6.86. The highest BCUT2D eigenvalue weighted by molar-refractivity contribution is 6.05. The lowest BCUT2D eigenvalue weighted by atomic mass is 10.1. The second-order valence-corrected chi connectivity index (χ2v) is 4.93. The summed E-state index contributed by atoms with van der Waals surface area (Å²) in [6.07, 6.45) is 0. The van der Waals surface area contributed by atoms with Crippen LogP contribution in [-0.2, 0) is 0 Å². The summed E-state index contributed by atoms with van der Waals surface area (Å²) in [7, 11) is 1.47. The highest BCUT2D eigenvalue weighted by Crippen LogP contribution is 2.21. The average molecular weight is 331 g/mol. The maximum Gasteiger partial charge on any atom is 0.349 e. The third-order valence-electron chi connectivity index (χ3n) is 3.37. The second-order valence-electron chi connectivity index (χ2n) is 4.93. The number of halogens is 2. The number of carbonyl (C=O) groups is 1. The van der Waals surface area contributed by atoms with Crippen molar-refractivity contribution < 1.29 is 22.7 Å². The van der Waals surface area contributed by atoms with Gasteiger partial charge in [-0.2, -0.15) is 0 Å². The van der Waals surface area contributed by atoms with Gasteiger partial charge in [0.15, 0.2) is 0 Å². The number of rotatable bonds is 3. The summed E-state index contributed by atoms with van der Waals surface area (Å²) >= 11 is 0. The molecule has 0 spiro atoms. The number of anilines is 1. The minimum Gasteiger partial charge on any atom is -0.497 e. The van der Waals surface area contributed by atoms with Crippen LogP contribution < -0.4 is 15.7 Å². The van der Waals surface area contributed by atoms with Crippen LogP contribution in [0.4, 0.5) is 14.5 Å². The number of ether oxygens (including phenoxy) is 1. The Morgan fingerprint density at radius 1 is 1.12 bits per heavy atom. The normalized spacial score (nSPS) is 10.6. The van der Waals surface area contributed by atoms with Gasteiger partial charge < -0.3 is 14.5 Å². The smallest absolute Gasteiger partial charge is 0.349 e. The number of fused-ring (bicyclic) bond motifs is 1. The van der Waals surface area contributed by atoms with Gasteiger partial charge in [-0.1, -0.05) is 0 Å². The first kappa shape index (κ1) is 15.7. The lowest BCUT2D eigenvalue weighted by Gasteiger charge is -2.07. The van der Waals surface area contributed by atoms with Gasteiger partial charge in [-0.15, -0.1) is 0 Å². The van der Waals surface area contributed by atoms with Crippen molar-refractivity contribution in [3.05, 3.63) is 70.1 Å². The van der Waals surface area contributed by atoms with Crippen LogP contribution >= 0.6 is 0 Å². The molecule has 0 aliphatic carbocycles. The first-order valence-corrected chi connectivity index (χ1v) is 6.86. The maximum atomic E-state index is 13.6. The van der Waals surface area contributed by atoms with Gasteiger partial charge >= 0.3 is 5.63 Å². The van der Waals surface area contributed by atoms with Crippen LogP contribution in [0.3, 0.4) is 0 Å². The van der Waals surface area contributed by atoms with Crippen LogP contribution in [0, 0.1) is 11.6 Å². The van der Waals surface area contributed by atoms with Crippen molar-refractivity contribution in [2.75, 3.05) is 12.4 Å². The molecule has 2 aromatic carbocycles. The average Bonchev–Trinajstić information content (AvgIpc) is 2.56. The van der Waals surface area contributed by atoms with Gasteiger partial charge in [0, 0.05) is 17.5 Å². The Kier molecular flexibility index (Phi) is 3.99. The molecule has 0 saturated heterocycles. The molecule has 3 aromatic rings. The van der Waals surface area contributed by atoms with Gasteiger partial charge in [-0.25, -0.2) is 13.6 Å². The largest absolute Gasteiger partial charge is 0.497 e. The third-order valence-corrected chi connectivity index (χ3v) is 3.37. The van der Waals surface area contributed by atoms with Crippen molar-refractivity contribution in [2.45, 2.75) is 0 Å². The Bertz CT molecular complexity index is 998. The molecule has 0 aliphatic heterocycles. The molecule has 3 rings (SSSR count). The Hall–Kier alpha value is -3.22. The molecule has 7 heteroatoms. The summed E-state index contributed by atoms with van der Waals surface area (Å²) in [6, 6.07) is 8.79. The minimum absolute atomic E-state index is 0.240. The molecule has 0 atom stereocenters. The highest BCUT2D eigenvalue weighted by atomic mass is 19.1. The summed E-state index contributed by atoms with van der Waals surface area (Å²) in [5.74, 6) is -2.08.